The highest BCUT2D eigenvalue weighted by atomic mass is 14.7. The lowest BCUT2D eigenvalue weighted by Crippen LogP contribution is -2.17. The smallest absolute Gasteiger partial charge is 0.0743 e. The standard InChI is InChI=1S/C19H27N/c1-10-11(2)14(5)17-16(12(10)3)13(4)15(6)18(20-17)19(7,8)9/h1-9H3. The Morgan fingerprint density at radius 3 is 1.55 bits per heavy atom. The molecule has 1 heteroatoms. The number of benzene rings is 1. The summed E-state index contributed by atoms with van der Waals surface area (Å²) in [4.78, 5) is 5.07. The van der Waals surface area contributed by atoms with E-state index in [2.05, 4.69) is 62.3 Å². The minimum absolute atomic E-state index is 0.0855. The summed E-state index contributed by atoms with van der Waals surface area (Å²) in [6.07, 6.45) is 0. The fourth-order valence-corrected chi connectivity index (χ4v) is 3.18. The lowest BCUT2D eigenvalue weighted by atomic mass is 9.84. The minimum Gasteiger partial charge on any atom is -0.252 e. The van der Waals surface area contributed by atoms with Gasteiger partial charge in [0, 0.05) is 16.5 Å². The van der Waals surface area contributed by atoms with Crippen molar-refractivity contribution in [2.24, 2.45) is 0 Å². The Balaban J connectivity index is 3.07. The van der Waals surface area contributed by atoms with Gasteiger partial charge in [-0.25, -0.2) is 0 Å². The number of fused-ring (bicyclic) bond motifs is 1. The van der Waals surface area contributed by atoms with E-state index in [-0.39, 0.29) is 5.41 Å². The predicted octanol–water partition coefficient (Wildman–Crippen LogP) is 5.38. The molecule has 1 heterocycles. The molecule has 0 saturated carbocycles. The molecular weight excluding hydrogens is 242 g/mol. The van der Waals surface area contributed by atoms with Crippen molar-refractivity contribution < 1.29 is 0 Å². The van der Waals surface area contributed by atoms with Crippen molar-refractivity contribution in [3.8, 4) is 0 Å². The van der Waals surface area contributed by atoms with Crippen molar-refractivity contribution in [2.75, 3.05) is 0 Å². The first-order chi connectivity index (χ1) is 9.07. The summed E-state index contributed by atoms with van der Waals surface area (Å²) in [5.41, 5.74) is 10.7. The summed E-state index contributed by atoms with van der Waals surface area (Å²) in [5.74, 6) is 0. The zero-order chi connectivity index (χ0) is 15.4. The molecule has 1 aromatic heterocycles. The number of rotatable bonds is 0. The van der Waals surface area contributed by atoms with Crippen LogP contribution in [0.4, 0.5) is 0 Å². The van der Waals surface area contributed by atoms with Crippen LogP contribution in [0.3, 0.4) is 0 Å². The monoisotopic (exact) mass is 269 g/mol. The first-order valence-electron chi connectivity index (χ1n) is 7.45. The summed E-state index contributed by atoms with van der Waals surface area (Å²) in [7, 11) is 0. The van der Waals surface area contributed by atoms with Crippen LogP contribution in [0.1, 0.15) is 59.8 Å². The average Bonchev–Trinajstić information content (AvgIpc) is 2.35. The summed E-state index contributed by atoms with van der Waals surface area (Å²) < 4.78 is 0. The fourth-order valence-electron chi connectivity index (χ4n) is 3.18. The quantitative estimate of drug-likeness (QED) is 0.625. The summed E-state index contributed by atoms with van der Waals surface area (Å²) in [6.45, 7) is 20.1. The van der Waals surface area contributed by atoms with Gasteiger partial charge in [0.15, 0.2) is 0 Å². The first kappa shape index (κ1) is 15.0. The van der Waals surface area contributed by atoms with Crippen molar-refractivity contribution >= 4 is 10.9 Å². The van der Waals surface area contributed by atoms with Crippen LogP contribution >= 0.6 is 0 Å². The van der Waals surface area contributed by atoms with Gasteiger partial charge in [0.25, 0.3) is 0 Å². The normalized spacial score (nSPS) is 12.2. The largest absolute Gasteiger partial charge is 0.252 e. The Hall–Kier alpha value is -1.37. The van der Waals surface area contributed by atoms with Gasteiger partial charge in [-0.15, -0.1) is 0 Å². The number of hydrogen-bond acceptors (Lipinski definition) is 1. The minimum atomic E-state index is 0.0855. The Morgan fingerprint density at radius 2 is 1.05 bits per heavy atom. The molecule has 2 rings (SSSR count). The molecule has 0 N–H and O–H groups in total. The van der Waals surface area contributed by atoms with Crippen molar-refractivity contribution in [1.82, 2.24) is 4.98 Å². The molecule has 108 valence electrons. The Bertz CT molecular complexity index is 700. The van der Waals surface area contributed by atoms with Crippen LogP contribution < -0.4 is 0 Å². The molecule has 0 saturated heterocycles. The van der Waals surface area contributed by atoms with E-state index in [9.17, 15) is 0 Å². The summed E-state index contributed by atoms with van der Waals surface area (Å²) >= 11 is 0. The topological polar surface area (TPSA) is 12.9 Å². The third-order valence-electron chi connectivity index (χ3n) is 4.88. The van der Waals surface area contributed by atoms with Crippen molar-refractivity contribution in [3.05, 3.63) is 39.1 Å². The number of aromatic nitrogens is 1. The van der Waals surface area contributed by atoms with Crippen LogP contribution in [-0.4, -0.2) is 4.98 Å². The lowest BCUT2D eigenvalue weighted by Gasteiger charge is -2.25. The Labute approximate surface area is 123 Å². The highest BCUT2D eigenvalue weighted by Crippen LogP contribution is 2.35. The molecule has 0 radical (unpaired) electrons. The second-order valence-corrected chi connectivity index (χ2v) is 7.18. The second-order valence-electron chi connectivity index (χ2n) is 7.18. The lowest BCUT2D eigenvalue weighted by molar-refractivity contribution is 0.566. The van der Waals surface area contributed by atoms with Crippen LogP contribution in [0.25, 0.3) is 10.9 Å². The van der Waals surface area contributed by atoms with E-state index in [0.29, 0.717) is 0 Å². The molecule has 2 aromatic rings. The van der Waals surface area contributed by atoms with Gasteiger partial charge in [-0.1, -0.05) is 20.8 Å². The highest BCUT2D eigenvalue weighted by Gasteiger charge is 2.22. The molecule has 0 amide bonds. The van der Waals surface area contributed by atoms with E-state index in [1.54, 1.807) is 0 Å². The molecule has 0 fully saturated rings. The zero-order valence-corrected chi connectivity index (χ0v) is 14.4. The van der Waals surface area contributed by atoms with E-state index in [1.807, 2.05) is 0 Å². The van der Waals surface area contributed by atoms with Gasteiger partial charge in [0.05, 0.1) is 5.52 Å². The van der Waals surface area contributed by atoms with Crippen LogP contribution in [0.2, 0.25) is 0 Å². The first-order valence-corrected chi connectivity index (χ1v) is 7.45. The van der Waals surface area contributed by atoms with Crippen molar-refractivity contribution in [2.45, 2.75) is 67.7 Å². The third kappa shape index (κ3) is 2.04. The summed E-state index contributed by atoms with van der Waals surface area (Å²) in [6, 6.07) is 0. The highest BCUT2D eigenvalue weighted by molar-refractivity contribution is 5.91. The maximum Gasteiger partial charge on any atom is 0.0743 e. The molecule has 0 aliphatic heterocycles. The molecule has 0 atom stereocenters. The van der Waals surface area contributed by atoms with Gasteiger partial charge in [0.2, 0.25) is 0 Å². The third-order valence-corrected chi connectivity index (χ3v) is 4.88. The number of nitrogens with zero attached hydrogens (tertiary/aromatic N) is 1. The zero-order valence-electron chi connectivity index (χ0n) is 14.4. The van der Waals surface area contributed by atoms with Crippen LogP contribution in [0.15, 0.2) is 0 Å². The maximum absolute atomic E-state index is 5.07. The second kappa shape index (κ2) is 4.58. The molecule has 0 bridgehead atoms. The fraction of sp³-hybridized carbons (Fsp3) is 0.526. The van der Waals surface area contributed by atoms with Crippen molar-refractivity contribution in [1.29, 1.82) is 0 Å². The van der Waals surface area contributed by atoms with Crippen LogP contribution in [-0.2, 0) is 5.41 Å². The number of pyridine rings is 1. The van der Waals surface area contributed by atoms with Gasteiger partial charge >= 0.3 is 0 Å². The van der Waals surface area contributed by atoms with Crippen LogP contribution in [0, 0.1) is 41.5 Å². The molecule has 0 aliphatic carbocycles. The van der Waals surface area contributed by atoms with E-state index in [0.717, 1.165) is 0 Å². The molecule has 20 heavy (non-hydrogen) atoms. The van der Waals surface area contributed by atoms with Crippen LogP contribution in [0.5, 0.6) is 0 Å². The van der Waals surface area contributed by atoms with Crippen molar-refractivity contribution in [3.63, 3.8) is 0 Å². The summed E-state index contributed by atoms with van der Waals surface area (Å²) in [5, 5.41) is 1.36. The molecule has 0 unspecified atom stereocenters. The average molecular weight is 269 g/mol. The van der Waals surface area contributed by atoms with E-state index < -0.39 is 0 Å². The van der Waals surface area contributed by atoms with Gasteiger partial charge < -0.3 is 0 Å². The van der Waals surface area contributed by atoms with E-state index in [1.165, 1.54) is 50.0 Å². The van der Waals surface area contributed by atoms with Gasteiger partial charge in [0.1, 0.15) is 0 Å². The molecule has 1 nitrogen and oxygen atoms in total. The van der Waals surface area contributed by atoms with Gasteiger partial charge in [-0.05, 0) is 74.9 Å². The SMILES string of the molecule is Cc1c(C)c(C)c2c(C)c(C)c(C(C)(C)C)nc2c1C. The number of aryl methyl sites for hydroxylation is 3. The van der Waals surface area contributed by atoms with E-state index >= 15 is 0 Å². The molecule has 0 spiro atoms. The number of hydrogen-bond donors (Lipinski definition) is 0. The van der Waals surface area contributed by atoms with Gasteiger partial charge in [-0.3, -0.25) is 4.98 Å². The Kier molecular flexibility index (Phi) is 3.44. The maximum atomic E-state index is 5.07. The Morgan fingerprint density at radius 1 is 0.600 bits per heavy atom. The van der Waals surface area contributed by atoms with Gasteiger partial charge in [-0.2, -0.15) is 0 Å². The predicted molar refractivity (Wildman–Crippen MR) is 88.9 cm³/mol. The van der Waals surface area contributed by atoms with E-state index in [4.69, 9.17) is 4.98 Å². The molecular formula is C19H27N. The molecule has 0 aliphatic rings. The molecule has 1 aromatic carbocycles.